The van der Waals surface area contributed by atoms with Gasteiger partial charge in [0.05, 0.1) is 29.3 Å². The van der Waals surface area contributed by atoms with Gasteiger partial charge in [-0.3, -0.25) is 14.2 Å². The van der Waals surface area contributed by atoms with Gasteiger partial charge in [-0.05, 0) is 25.1 Å². The van der Waals surface area contributed by atoms with Gasteiger partial charge in [0.25, 0.3) is 5.56 Å². The van der Waals surface area contributed by atoms with Crippen LogP contribution in [-0.2, 0) is 16.1 Å². The Morgan fingerprint density at radius 3 is 3.00 bits per heavy atom. The summed E-state index contributed by atoms with van der Waals surface area (Å²) in [5, 5.41) is 3.76. The van der Waals surface area contributed by atoms with E-state index < -0.39 is 5.25 Å². The molecular formula is C17H20ClN3O3S. The van der Waals surface area contributed by atoms with Crippen molar-refractivity contribution in [2.45, 2.75) is 23.9 Å². The summed E-state index contributed by atoms with van der Waals surface area (Å²) in [5.41, 5.74) is 0.326. The number of halogens is 1. The van der Waals surface area contributed by atoms with E-state index in [0.717, 1.165) is 0 Å². The number of nitrogens with zero attached hydrogens (tertiary/aromatic N) is 2. The standard InChI is InChI=1S/C17H20ClN3O3S/c1-4-7-19-15(22)11(2)25-17-20-14-10-12(18)5-6-13(14)16(23)21(17)8-9-24-3/h4-6,10-11H,1,7-9H2,2-3H3,(H,19,22). The Morgan fingerprint density at radius 2 is 2.32 bits per heavy atom. The number of rotatable bonds is 8. The van der Waals surface area contributed by atoms with Crippen LogP contribution in [0.5, 0.6) is 0 Å². The van der Waals surface area contributed by atoms with Gasteiger partial charge in [-0.1, -0.05) is 29.4 Å². The third-order valence-electron chi connectivity index (χ3n) is 3.47. The molecule has 2 aromatic rings. The maximum absolute atomic E-state index is 12.8. The largest absolute Gasteiger partial charge is 0.383 e. The van der Waals surface area contributed by atoms with Crippen LogP contribution in [0.3, 0.4) is 0 Å². The highest BCUT2D eigenvalue weighted by molar-refractivity contribution is 8.00. The van der Waals surface area contributed by atoms with Crippen molar-refractivity contribution in [1.29, 1.82) is 0 Å². The molecule has 1 amide bonds. The zero-order chi connectivity index (χ0) is 18.4. The van der Waals surface area contributed by atoms with E-state index >= 15 is 0 Å². The van der Waals surface area contributed by atoms with Crippen molar-refractivity contribution in [1.82, 2.24) is 14.9 Å². The minimum atomic E-state index is -0.419. The van der Waals surface area contributed by atoms with E-state index in [0.29, 0.717) is 40.8 Å². The molecule has 1 N–H and O–H groups in total. The predicted molar refractivity (Wildman–Crippen MR) is 101 cm³/mol. The number of hydrogen-bond acceptors (Lipinski definition) is 5. The average molecular weight is 382 g/mol. The van der Waals surface area contributed by atoms with Crippen LogP contribution in [0.15, 0.2) is 40.8 Å². The molecule has 0 radical (unpaired) electrons. The Kier molecular flexibility index (Phi) is 7.04. The third-order valence-corrected chi connectivity index (χ3v) is 4.80. The van der Waals surface area contributed by atoms with E-state index in [-0.39, 0.29) is 11.5 Å². The van der Waals surface area contributed by atoms with E-state index in [1.54, 1.807) is 38.3 Å². The van der Waals surface area contributed by atoms with E-state index in [9.17, 15) is 9.59 Å². The minimum absolute atomic E-state index is 0.149. The van der Waals surface area contributed by atoms with Crippen molar-refractivity contribution in [3.8, 4) is 0 Å². The molecule has 0 bridgehead atoms. The van der Waals surface area contributed by atoms with E-state index in [1.807, 2.05) is 0 Å². The van der Waals surface area contributed by atoms with Crippen molar-refractivity contribution in [2.75, 3.05) is 20.3 Å². The Hall–Kier alpha value is -1.83. The summed E-state index contributed by atoms with van der Waals surface area (Å²) >= 11 is 7.23. The summed E-state index contributed by atoms with van der Waals surface area (Å²) in [6.45, 7) is 6.44. The maximum Gasteiger partial charge on any atom is 0.262 e. The Bertz CT molecular complexity index is 838. The van der Waals surface area contributed by atoms with Gasteiger partial charge in [0.1, 0.15) is 0 Å². The fourth-order valence-corrected chi connectivity index (χ4v) is 3.30. The van der Waals surface area contributed by atoms with Gasteiger partial charge in [0.2, 0.25) is 5.91 Å². The van der Waals surface area contributed by atoms with Crippen LogP contribution in [0.4, 0.5) is 0 Å². The topological polar surface area (TPSA) is 73.2 Å². The summed E-state index contributed by atoms with van der Waals surface area (Å²) in [6, 6.07) is 4.96. The lowest BCUT2D eigenvalue weighted by molar-refractivity contribution is -0.120. The number of aromatic nitrogens is 2. The highest BCUT2D eigenvalue weighted by atomic mass is 35.5. The van der Waals surface area contributed by atoms with Crippen LogP contribution in [0.2, 0.25) is 5.02 Å². The van der Waals surface area contributed by atoms with E-state index in [1.165, 1.54) is 16.3 Å². The normalized spacial score (nSPS) is 12.1. The molecule has 1 unspecified atom stereocenters. The summed E-state index contributed by atoms with van der Waals surface area (Å²) in [5.74, 6) is -0.149. The molecule has 0 aliphatic carbocycles. The molecule has 1 aromatic heterocycles. The zero-order valence-electron chi connectivity index (χ0n) is 14.1. The molecular weight excluding hydrogens is 362 g/mol. The first-order chi connectivity index (χ1) is 12.0. The molecule has 1 atom stereocenters. The summed E-state index contributed by atoms with van der Waals surface area (Å²) in [4.78, 5) is 29.4. The lowest BCUT2D eigenvalue weighted by Gasteiger charge is -2.16. The van der Waals surface area contributed by atoms with Crippen LogP contribution >= 0.6 is 23.4 Å². The number of amides is 1. The smallest absolute Gasteiger partial charge is 0.262 e. The molecule has 0 aliphatic rings. The van der Waals surface area contributed by atoms with Crippen LogP contribution in [0.25, 0.3) is 10.9 Å². The molecule has 8 heteroatoms. The highest BCUT2D eigenvalue weighted by Gasteiger charge is 2.19. The second kappa shape index (κ2) is 9.03. The van der Waals surface area contributed by atoms with E-state index in [2.05, 4.69) is 16.9 Å². The molecule has 0 aliphatic heterocycles. The fourth-order valence-electron chi connectivity index (χ4n) is 2.17. The lowest BCUT2D eigenvalue weighted by Crippen LogP contribution is -2.32. The predicted octanol–water partition coefficient (Wildman–Crippen LogP) is 2.48. The number of thioether (sulfide) groups is 1. The average Bonchev–Trinajstić information content (AvgIpc) is 2.59. The van der Waals surface area contributed by atoms with Crippen molar-refractivity contribution in [2.24, 2.45) is 0 Å². The Labute approximate surface area is 155 Å². The zero-order valence-corrected chi connectivity index (χ0v) is 15.7. The number of methoxy groups -OCH3 is 1. The number of carbonyl (C=O) groups excluding carboxylic acids is 1. The van der Waals surface area contributed by atoms with Gasteiger partial charge in [-0.15, -0.1) is 6.58 Å². The molecule has 0 fully saturated rings. The molecule has 25 heavy (non-hydrogen) atoms. The van der Waals surface area contributed by atoms with Gasteiger partial charge in [-0.25, -0.2) is 4.98 Å². The van der Waals surface area contributed by atoms with Gasteiger partial charge in [0.15, 0.2) is 5.16 Å². The molecule has 0 spiro atoms. The van der Waals surface area contributed by atoms with Crippen LogP contribution in [0, 0.1) is 0 Å². The molecule has 0 saturated heterocycles. The Morgan fingerprint density at radius 1 is 1.56 bits per heavy atom. The van der Waals surface area contributed by atoms with Gasteiger partial charge >= 0.3 is 0 Å². The van der Waals surface area contributed by atoms with Crippen molar-refractivity contribution < 1.29 is 9.53 Å². The number of ether oxygens (including phenoxy) is 1. The Balaban J connectivity index is 2.43. The van der Waals surface area contributed by atoms with Crippen molar-refractivity contribution >= 4 is 40.2 Å². The van der Waals surface area contributed by atoms with Gasteiger partial charge in [0, 0.05) is 18.7 Å². The summed E-state index contributed by atoms with van der Waals surface area (Å²) in [6.07, 6.45) is 1.61. The minimum Gasteiger partial charge on any atom is -0.383 e. The summed E-state index contributed by atoms with van der Waals surface area (Å²) in [7, 11) is 1.57. The molecule has 134 valence electrons. The quantitative estimate of drug-likeness (QED) is 0.432. The third kappa shape index (κ3) is 4.84. The maximum atomic E-state index is 12.8. The molecule has 1 aromatic carbocycles. The van der Waals surface area contributed by atoms with Crippen molar-refractivity contribution in [3.63, 3.8) is 0 Å². The number of nitrogens with one attached hydrogen (secondary N) is 1. The van der Waals surface area contributed by atoms with Crippen LogP contribution < -0.4 is 10.9 Å². The van der Waals surface area contributed by atoms with E-state index in [4.69, 9.17) is 16.3 Å². The molecule has 2 rings (SSSR count). The SMILES string of the molecule is C=CCNC(=O)C(C)Sc1nc2cc(Cl)ccc2c(=O)n1CCOC. The number of benzene rings is 1. The fraction of sp³-hybridized carbons (Fsp3) is 0.353. The number of hydrogen-bond donors (Lipinski definition) is 1. The van der Waals surface area contributed by atoms with Gasteiger partial charge in [-0.2, -0.15) is 0 Å². The molecule has 1 heterocycles. The van der Waals surface area contributed by atoms with Gasteiger partial charge < -0.3 is 10.1 Å². The second-order valence-electron chi connectivity index (χ2n) is 5.30. The second-order valence-corrected chi connectivity index (χ2v) is 7.04. The number of carbonyl (C=O) groups is 1. The van der Waals surface area contributed by atoms with Crippen LogP contribution in [-0.4, -0.2) is 41.0 Å². The summed E-state index contributed by atoms with van der Waals surface area (Å²) < 4.78 is 6.61. The monoisotopic (exact) mass is 381 g/mol. The highest BCUT2D eigenvalue weighted by Crippen LogP contribution is 2.24. The lowest BCUT2D eigenvalue weighted by atomic mass is 10.2. The van der Waals surface area contributed by atoms with Crippen LogP contribution in [0.1, 0.15) is 6.92 Å². The molecule has 6 nitrogen and oxygen atoms in total. The first-order valence-electron chi connectivity index (χ1n) is 7.72. The first kappa shape index (κ1) is 19.5. The number of fused-ring (bicyclic) bond motifs is 1. The molecule has 0 saturated carbocycles. The van der Waals surface area contributed by atoms with Crippen molar-refractivity contribution in [3.05, 3.63) is 46.2 Å². The first-order valence-corrected chi connectivity index (χ1v) is 8.98.